The SMILES string of the molecule is COc1cc(CNC(=O)c2ccc3[nH]c(=O)c(Cc4ccc(C(=O)O)cc4)cc3c2)ccn1. The van der Waals surface area contributed by atoms with Crippen LogP contribution < -0.4 is 15.6 Å². The number of amides is 1. The monoisotopic (exact) mass is 443 g/mol. The molecule has 2 heterocycles. The van der Waals surface area contributed by atoms with Crippen molar-refractivity contribution in [3.63, 3.8) is 0 Å². The first kappa shape index (κ1) is 21.8. The van der Waals surface area contributed by atoms with Gasteiger partial charge in [0.1, 0.15) is 0 Å². The number of ether oxygens (including phenoxy) is 1. The zero-order valence-corrected chi connectivity index (χ0v) is 17.8. The first-order valence-corrected chi connectivity index (χ1v) is 10.2. The van der Waals surface area contributed by atoms with Crippen LogP contribution in [-0.2, 0) is 13.0 Å². The van der Waals surface area contributed by atoms with E-state index in [0.717, 1.165) is 16.5 Å². The third kappa shape index (κ3) is 5.07. The summed E-state index contributed by atoms with van der Waals surface area (Å²) in [4.78, 5) is 43.1. The average Bonchev–Trinajstić information content (AvgIpc) is 2.83. The third-order valence-corrected chi connectivity index (χ3v) is 5.24. The van der Waals surface area contributed by atoms with Crippen molar-refractivity contribution in [2.24, 2.45) is 0 Å². The Bertz CT molecular complexity index is 1390. The lowest BCUT2D eigenvalue weighted by molar-refractivity contribution is 0.0696. The molecule has 33 heavy (non-hydrogen) atoms. The number of hydrogen-bond acceptors (Lipinski definition) is 5. The fourth-order valence-corrected chi connectivity index (χ4v) is 3.47. The van der Waals surface area contributed by atoms with Crippen molar-refractivity contribution < 1.29 is 19.4 Å². The number of methoxy groups -OCH3 is 1. The van der Waals surface area contributed by atoms with Gasteiger partial charge in [0.15, 0.2) is 0 Å². The zero-order valence-electron chi connectivity index (χ0n) is 17.8. The predicted octanol–water partition coefficient (Wildman–Crippen LogP) is 3.15. The molecule has 8 nitrogen and oxygen atoms in total. The van der Waals surface area contributed by atoms with Gasteiger partial charge in [-0.3, -0.25) is 9.59 Å². The Morgan fingerprint density at radius 1 is 1.00 bits per heavy atom. The van der Waals surface area contributed by atoms with E-state index in [-0.39, 0.29) is 17.0 Å². The number of carboxylic acid groups (broad SMARTS) is 1. The quantitative estimate of drug-likeness (QED) is 0.403. The van der Waals surface area contributed by atoms with Crippen LogP contribution in [0.2, 0.25) is 0 Å². The molecule has 0 aliphatic rings. The van der Waals surface area contributed by atoms with Gasteiger partial charge >= 0.3 is 5.97 Å². The first-order chi connectivity index (χ1) is 15.9. The highest BCUT2D eigenvalue weighted by Crippen LogP contribution is 2.17. The van der Waals surface area contributed by atoms with E-state index in [1.54, 1.807) is 54.7 Å². The van der Waals surface area contributed by atoms with Crippen molar-refractivity contribution >= 4 is 22.8 Å². The van der Waals surface area contributed by atoms with Crippen LogP contribution in [0.3, 0.4) is 0 Å². The maximum atomic E-state index is 12.7. The minimum Gasteiger partial charge on any atom is -0.481 e. The Balaban J connectivity index is 1.53. The van der Waals surface area contributed by atoms with Gasteiger partial charge in [-0.25, -0.2) is 9.78 Å². The molecule has 0 fully saturated rings. The summed E-state index contributed by atoms with van der Waals surface area (Å²) in [6.45, 7) is 0.318. The molecule has 2 aromatic carbocycles. The molecule has 0 radical (unpaired) electrons. The molecule has 0 bridgehead atoms. The van der Waals surface area contributed by atoms with Gasteiger partial charge < -0.3 is 20.1 Å². The molecule has 4 aromatic rings. The van der Waals surface area contributed by atoms with E-state index in [9.17, 15) is 14.4 Å². The minimum absolute atomic E-state index is 0.187. The number of hydrogen-bond donors (Lipinski definition) is 3. The van der Waals surface area contributed by atoms with E-state index < -0.39 is 5.97 Å². The molecule has 0 spiro atoms. The number of benzene rings is 2. The summed E-state index contributed by atoms with van der Waals surface area (Å²) >= 11 is 0. The highest BCUT2D eigenvalue weighted by atomic mass is 16.5. The van der Waals surface area contributed by atoms with Gasteiger partial charge in [-0.05, 0) is 59.0 Å². The highest BCUT2D eigenvalue weighted by Gasteiger charge is 2.10. The van der Waals surface area contributed by atoms with Gasteiger partial charge in [-0.15, -0.1) is 0 Å². The first-order valence-electron chi connectivity index (χ1n) is 10.2. The third-order valence-electron chi connectivity index (χ3n) is 5.24. The summed E-state index contributed by atoms with van der Waals surface area (Å²) in [6.07, 6.45) is 1.95. The van der Waals surface area contributed by atoms with Gasteiger partial charge in [0.25, 0.3) is 11.5 Å². The fraction of sp³-hybridized carbons (Fsp3) is 0.120. The van der Waals surface area contributed by atoms with Gasteiger partial charge in [-0.2, -0.15) is 0 Å². The molecule has 1 amide bonds. The van der Waals surface area contributed by atoms with Crippen LogP contribution in [-0.4, -0.2) is 34.1 Å². The van der Waals surface area contributed by atoms with Crippen LogP contribution in [0.1, 0.15) is 37.4 Å². The van der Waals surface area contributed by atoms with Gasteiger partial charge in [0.2, 0.25) is 5.88 Å². The number of aromatic amines is 1. The number of nitrogens with zero attached hydrogens (tertiary/aromatic N) is 1. The Morgan fingerprint density at radius 3 is 2.48 bits per heavy atom. The van der Waals surface area contributed by atoms with Crippen LogP contribution in [0.15, 0.2) is 71.7 Å². The van der Waals surface area contributed by atoms with E-state index >= 15 is 0 Å². The van der Waals surface area contributed by atoms with Crippen LogP contribution >= 0.6 is 0 Å². The van der Waals surface area contributed by atoms with Crippen molar-refractivity contribution in [2.45, 2.75) is 13.0 Å². The van der Waals surface area contributed by atoms with Crippen molar-refractivity contribution in [3.8, 4) is 5.88 Å². The van der Waals surface area contributed by atoms with Crippen molar-refractivity contribution in [1.82, 2.24) is 15.3 Å². The predicted molar refractivity (Wildman–Crippen MR) is 123 cm³/mol. The molecule has 166 valence electrons. The largest absolute Gasteiger partial charge is 0.481 e. The number of rotatable bonds is 7. The fourth-order valence-electron chi connectivity index (χ4n) is 3.47. The number of H-pyrrole nitrogens is 1. The molecular formula is C25H21N3O5. The minimum atomic E-state index is -1.00. The molecule has 0 unspecified atom stereocenters. The molecular weight excluding hydrogens is 422 g/mol. The second-order valence-corrected chi connectivity index (χ2v) is 7.49. The summed E-state index contributed by atoms with van der Waals surface area (Å²) < 4.78 is 5.10. The summed E-state index contributed by atoms with van der Waals surface area (Å²) in [7, 11) is 1.53. The maximum absolute atomic E-state index is 12.7. The smallest absolute Gasteiger partial charge is 0.335 e. The van der Waals surface area contributed by atoms with Gasteiger partial charge in [-0.1, -0.05) is 12.1 Å². The molecule has 0 aliphatic heterocycles. The zero-order chi connectivity index (χ0) is 23.4. The summed E-state index contributed by atoms with van der Waals surface area (Å²) in [5.41, 5.74) is 3.24. The highest BCUT2D eigenvalue weighted by molar-refractivity contribution is 5.98. The van der Waals surface area contributed by atoms with E-state index in [4.69, 9.17) is 9.84 Å². The summed E-state index contributed by atoms with van der Waals surface area (Å²) in [5, 5.41) is 12.6. The van der Waals surface area contributed by atoms with Crippen molar-refractivity contribution in [2.75, 3.05) is 7.11 Å². The molecule has 3 N–H and O–H groups in total. The molecule has 0 saturated heterocycles. The molecule has 2 aromatic heterocycles. The second-order valence-electron chi connectivity index (χ2n) is 7.49. The maximum Gasteiger partial charge on any atom is 0.335 e. The van der Waals surface area contributed by atoms with Crippen LogP contribution in [0.4, 0.5) is 0 Å². The number of carbonyl (C=O) groups is 2. The van der Waals surface area contributed by atoms with Crippen LogP contribution in [0.25, 0.3) is 10.9 Å². The Morgan fingerprint density at radius 2 is 1.76 bits per heavy atom. The summed E-state index contributed by atoms with van der Waals surface area (Å²) in [6, 6.07) is 16.8. The topological polar surface area (TPSA) is 121 Å². The summed E-state index contributed by atoms with van der Waals surface area (Å²) in [5.74, 6) is -0.773. The van der Waals surface area contributed by atoms with E-state index in [0.29, 0.717) is 35.5 Å². The van der Waals surface area contributed by atoms with E-state index in [1.165, 1.54) is 19.2 Å². The number of carboxylic acids is 1. The number of aromatic carboxylic acids is 1. The van der Waals surface area contributed by atoms with Crippen molar-refractivity contribution in [1.29, 1.82) is 0 Å². The average molecular weight is 443 g/mol. The standard InChI is InChI=1S/C25H21N3O5/c1-33-22-11-16(8-9-26-22)14-27-23(29)18-6-7-21-19(12-18)13-20(24(30)28-21)10-15-2-4-17(5-3-15)25(31)32/h2-9,11-13H,10,14H2,1H3,(H,27,29)(H,28,30)(H,31,32). The number of aromatic nitrogens is 2. The van der Waals surface area contributed by atoms with E-state index in [2.05, 4.69) is 15.3 Å². The lowest BCUT2D eigenvalue weighted by atomic mass is 10.0. The van der Waals surface area contributed by atoms with Crippen LogP contribution in [0.5, 0.6) is 5.88 Å². The van der Waals surface area contributed by atoms with Gasteiger partial charge in [0, 0.05) is 41.9 Å². The molecule has 0 atom stereocenters. The Labute approximate surface area is 188 Å². The number of carbonyl (C=O) groups excluding carboxylic acids is 1. The lowest BCUT2D eigenvalue weighted by Crippen LogP contribution is -2.23. The number of nitrogens with one attached hydrogen (secondary N) is 2. The molecule has 0 aliphatic carbocycles. The lowest BCUT2D eigenvalue weighted by Gasteiger charge is -2.08. The molecule has 0 saturated carbocycles. The van der Waals surface area contributed by atoms with Crippen molar-refractivity contribution in [3.05, 3.63) is 105 Å². The normalized spacial score (nSPS) is 10.7. The number of fused-ring (bicyclic) bond motifs is 1. The van der Waals surface area contributed by atoms with E-state index in [1.807, 2.05) is 0 Å². The van der Waals surface area contributed by atoms with Crippen LogP contribution in [0, 0.1) is 0 Å². The number of pyridine rings is 2. The van der Waals surface area contributed by atoms with Gasteiger partial charge in [0.05, 0.1) is 12.7 Å². The molecule has 8 heteroatoms. The Kier molecular flexibility index (Phi) is 6.17. The Hall–Kier alpha value is -4.46. The molecule has 4 rings (SSSR count). The second kappa shape index (κ2) is 9.35.